The molecule has 1 saturated heterocycles. The van der Waals surface area contributed by atoms with Crippen molar-refractivity contribution in [2.75, 3.05) is 19.6 Å². The second-order valence-electron chi connectivity index (χ2n) is 7.21. The summed E-state index contributed by atoms with van der Waals surface area (Å²) >= 11 is 1.06. The molecule has 0 spiro atoms. The zero-order valence-electron chi connectivity index (χ0n) is 14.6. The van der Waals surface area contributed by atoms with Crippen molar-refractivity contribution in [3.63, 3.8) is 0 Å². The molecule has 0 aromatic carbocycles. The molecule has 2 unspecified atom stereocenters. The van der Waals surface area contributed by atoms with Gasteiger partial charge in [0.1, 0.15) is 4.21 Å². The molecule has 6 nitrogen and oxygen atoms in total. The number of nitrogens with zero attached hydrogens (tertiary/aromatic N) is 1. The summed E-state index contributed by atoms with van der Waals surface area (Å²) in [5.41, 5.74) is 5.76. The van der Waals surface area contributed by atoms with Crippen LogP contribution in [0.5, 0.6) is 0 Å². The molecule has 1 aliphatic carbocycles. The Hall–Kier alpha value is -0.960. The van der Waals surface area contributed by atoms with Gasteiger partial charge in [-0.05, 0) is 56.2 Å². The molecule has 8 heteroatoms. The molecule has 1 amide bonds. The predicted octanol–water partition coefficient (Wildman–Crippen LogP) is 2.03. The average molecular weight is 386 g/mol. The normalized spacial score (nSPS) is 26.0. The number of carbonyl (C=O) groups excluding carboxylic acids is 1. The molecule has 1 saturated carbocycles. The number of thiophene rings is 1. The number of hydrogen-bond donors (Lipinski definition) is 2. The summed E-state index contributed by atoms with van der Waals surface area (Å²) in [4.78, 5) is 12.9. The molecule has 2 atom stereocenters. The Kier molecular flexibility index (Phi) is 5.82. The number of rotatable bonds is 5. The Bertz CT molecular complexity index is 708. The third kappa shape index (κ3) is 4.07. The van der Waals surface area contributed by atoms with Crippen LogP contribution in [-0.4, -0.2) is 44.3 Å². The van der Waals surface area contributed by atoms with Gasteiger partial charge < -0.3 is 11.1 Å². The lowest BCUT2D eigenvalue weighted by Crippen LogP contribution is -2.39. The highest BCUT2D eigenvalue weighted by atomic mass is 32.2. The summed E-state index contributed by atoms with van der Waals surface area (Å²) in [5, 5.41) is 3.03. The predicted molar refractivity (Wildman–Crippen MR) is 99.1 cm³/mol. The van der Waals surface area contributed by atoms with Gasteiger partial charge in [-0.1, -0.05) is 13.3 Å². The SMILES string of the molecule is CC1CCN(S(=O)(=O)c2ccc(C(=O)NC3CCCC3CN)s2)CC1. The number of amides is 1. The maximum absolute atomic E-state index is 12.8. The van der Waals surface area contributed by atoms with Crippen LogP contribution in [0.25, 0.3) is 0 Å². The van der Waals surface area contributed by atoms with E-state index in [1.54, 1.807) is 16.4 Å². The van der Waals surface area contributed by atoms with Gasteiger partial charge in [-0.3, -0.25) is 4.79 Å². The van der Waals surface area contributed by atoms with Crippen molar-refractivity contribution in [2.24, 2.45) is 17.6 Å². The van der Waals surface area contributed by atoms with Crippen LogP contribution in [0.3, 0.4) is 0 Å². The molecule has 1 aromatic heterocycles. The first kappa shape index (κ1) is 18.8. The van der Waals surface area contributed by atoms with Crippen LogP contribution in [0.4, 0.5) is 0 Å². The van der Waals surface area contributed by atoms with E-state index in [0.29, 0.717) is 36.3 Å². The smallest absolute Gasteiger partial charge is 0.261 e. The lowest BCUT2D eigenvalue weighted by Gasteiger charge is -2.28. The van der Waals surface area contributed by atoms with Gasteiger partial charge in [0.15, 0.2) is 0 Å². The first-order valence-corrected chi connectivity index (χ1v) is 11.3. The minimum absolute atomic E-state index is 0.100. The van der Waals surface area contributed by atoms with Crippen LogP contribution in [-0.2, 0) is 10.0 Å². The Labute approximate surface area is 153 Å². The third-order valence-corrected chi connectivity index (χ3v) is 8.87. The second kappa shape index (κ2) is 7.73. The van der Waals surface area contributed by atoms with Crippen LogP contribution < -0.4 is 11.1 Å². The maximum Gasteiger partial charge on any atom is 0.261 e. The number of nitrogens with one attached hydrogen (secondary N) is 1. The van der Waals surface area contributed by atoms with Crippen molar-refractivity contribution >= 4 is 27.3 Å². The van der Waals surface area contributed by atoms with E-state index in [0.717, 1.165) is 43.4 Å². The van der Waals surface area contributed by atoms with Gasteiger partial charge in [0.25, 0.3) is 15.9 Å². The number of piperidine rings is 1. The quantitative estimate of drug-likeness (QED) is 0.811. The monoisotopic (exact) mass is 385 g/mol. The molecule has 0 radical (unpaired) electrons. The zero-order chi connectivity index (χ0) is 18.0. The standard InChI is InChI=1S/C17H27N3O3S2/c1-12-7-9-20(10-8-12)25(22,23)16-6-5-15(24-16)17(21)19-14-4-2-3-13(14)11-18/h5-6,12-14H,2-4,7-11,18H2,1H3,(H,19,21). The fraction of sp³-hybridized carbons (Fsp3) is 0.706. The molecule has 2 fully saturated rings. The summed E-state index contributed by atoms with van der Waals surface area (Å²) in [6.45, 7) is 3.84. The molecule has 2 aliphatic rings. The molecule has 2 heterocycles. The number of sulfonamides is 1. The van der Waals surface area contributed by atoms with E-state index in [-0.39, 0.29) is 16.2 Å². The molecule has 1 aliphatic heterocycles. The van der Waals surface area contributed by atoms with Crippen LogP contribution in [0.2, 0.25) is 0 Å². The van der Waals surface area contributed by atoms with Gasteiger partial charge in [0, 0.05) is 19.1 Å². The van der Waals surface area contributed by atoms with E-state index in [2.05, 4.69) is 12.2 Å². The van der Waals surface area contributed by atoms with Gasteiger partial charge in [-0.25, -0.2) is 8.42 Å². The Morgan fingerprint density at radius 2 is 2.00 bits per heavy atom. The van der Waals surface area contributed by atoms with Crippen LogP contribution >= 0.6 is 11.3 Å². The molecule has 140 valence electrons. The second-order valence-corrected chi connectivity index (χ2v) is 10.5. The number of hydrogen-bond acceptors (Lipinski definition) is 5. The first-order chi connectivity index (χ1) is 11.9. The van der Waals surface area contributed by atoms with Gasteiger partial charge >= 0.3 is 0 Å². The van der Waals surface area contributed by atoms with Crippen LogP contribution in [0, 0.1) is 11.8 Å². The lowest BCUT2D eigenvalue weighted by molar-refractivity contribution is 0.0933. The Morgan fingerprint density at radius 1 is 1.28 bits per heavy atom. The molecule has 3 N–H and O–H groups in total. The van der Waals surface area contributed by atoms with Crippen molar-refractivity contribution < 1.29 is 13.2 Å². The van der Waals surface area contributed by atoms with Crippen molar-refractivity contribution in [1.82, 2.24) is 9.62 Å². The van der Waals surface area contributed by atoms with Crippen molar-refractivity contribution in [1.29, 1.82) is 0 Å². The van der Waals surface area contributed by atoms with E-state index in [1.165, 1.54) is 0 Å². The van der Waals surface area contributed by atoms with Crippen LogP contribution in [0.15, 0.2) is 16.3 Å². The van der Waals surface area contributed by atoms with Gasteiger partial charge in [0.05, 0.1) is 4.88 Å². The summed E-state index contributed by atoms with van der Waals surface area (Å²) in [5.74, 6) is 0.699. The maximum atomic E-state index is 12.8. The summed E-state index contributed by atoms with van der Waals surface area (Å²) in [6.07, 6.45) is 4.83. The number of carbonyl (C=O) groups is 1. The molecule has 1 aromatic rings. The highest BCUT2D eigenvalue weighted by Gasteiger charge is 2.31. The molecular formula is C17H27N3O3S2. The lowest BCUT2D eigenvalue weighted by atomic mass is 10.0. The third-order valence-electron chi connectivity index (χ3n) is 5.42. The van der Waals surface area contributed by atoms with E-state index in [1.807, 2.05) is 0 Å². The fourth-order valence-corrected chi connectivity index (χ4v) is 6.52. The Balaban J connectivity index is 1.68. The van der Waals surface area contributed by atoms with Crippen molar-refractivity contribution in [2.45, 2.75) is 49.3 Å². The largest absolute Gasteiger partial charge is 0.348 e. The van der Waals surface area contributed by atoms with Crippen LogP contribution in [0.1, 0.15) is 48.7 Å². The summed E-state index contributed by atoms with van der Waals surface area (Å²) in [7, 11) is -3.49. The zero-order valence-corrected chi connectivity index (χ0v) is 16.2. The van der Waals surface area contributed by atoms with E-state index in [4.69, 9.17) is 5.73 Å². The van der Waals surface area contributed by atoms with Gasteiger partial charge in [-0.2, -0.15) is 4.31 Å². The minimum atomic E-state index is -3.49. The van der Waals surface area contributed by atoms with E-state index >= 15 is 0 Å². The average Bonchev–Trinajstić information content (AvgIpc) is 3.24. The molecule has 3 rings (SSSR count). The minimum Gasteiger partial charge on any atom is -0.348 e. The van der Waals surface area contributed by atoms with E-state index in [9.17, 15) is 13.2 Å². The number of nitrogens with two attached hydrogens (primary N) is 1. The summed E-state index contributed by atoms with van der Waals surface area (Å²) in [6, 6.07) is 3.27. The van der Waals surface area contributed by atoms with Gasteiger partial charge in [-0.15, -0.1) is 11.3 Å². The van der Waals surface area contributed by atoms with Crippen molar-refractivity contribution in [3.05, 3.63) is 17.0 Å². The topological polar surface area (TPSA) is 92.5 Å². The summed E-state index contributed by atoms with van der Waals surface area (Å²) < 4.78 is 27.3. The molecule has 25 heavy (non-hydrogen) atoms. The highest BCUT2D eigenvalue weighted by molar-refractivity contribution is 7.91. The molecule has 0 bridgehead atoms. The van der Waals surface area contributed by atoms with Crippen molar-refractivity contribution in [3.8, 4) is 0 Å². The Morgan fingerprint density at radius 3 is 2.68 bits per heavy atom. The highest BCUT2D eigenvalue weighted by Crippen LogP contribution is 2.29. The van der Waals surface area contributed by atoms with E-state index < -0.39 is 10.0 Å². The molecular weight excluding hydrogens is 358 g/mol. The fourth-order valence-electron chi connectivity index (χ4n) is 3.68. The van der Waals surface area contributed by atoms with Gasteiger partial charge in [0.2, 0.25) is 0 Å². The first-order valence-electron chi connectivity index (χ1n) is 9.02.